The maximum atomic E-state index is 11.7. The standard InChI is InChI=1S/C17H30N2O3/c20-17(18-15-2-3-15)4-1-14-5-8-19(9-6-14)10-7-16-13-21-11-12-22-16/h14-16H,1-13H2,(H,18,20). The Morgan fingerprint density at radius 1 is 1.09 bits per heavy atom. The zero-order valence-electron chi connectivity index (χ0n) is 13.6. The molecule has 0 spiro atoms. The summed E-state index contributed by atoms with van der Waals surface area (Å²) in [6, 6.07) is 0.500. The molecule has 3 rings (SSSR count). The summed E-state index contributed by atoms with van der Waals surface area (Å²) in [6.45, 7) is 5.70. The molecule has 2 heterocycles. The predicted molar refractivity (Wildman–Crippen MR) is 84.7 cm³/mol. The van der Waals surface area contributed by atoms with Crippen LogP contribution in [0.5, 0.6) is 0 Å². The molecule has 1 unspecified atom stereocenters. The Morgan fingerprint density at radius 2 is 1.91 bits per heavy atom. The van der Waals surface area contributed by atoms with E-state index in [2.05, 4.69) is 10.2 Å². The molecule has 1 N–H and O–H groups in total. The van der Waals surface area contributed by atoms with E-state index in [9.17, 15) is 4.79 Å². The SMILES string of the molecule is O=C(CCC1CCN(CCC2COCCO2)CC1)NC1CC1. The number of nitrogens with zero attached hydrogens (tertiary/aromatic N) is 1. The zero-order valence-corrected chi connectivity index (χ0v) is 13.6. The van der Waals surface area contributed by atoms with E-state index in [0.717, 1.165) is 45.1 Å². The minimum absolute atomic E-state index is 0.263. The summed E-state index contributed by atoms with van der Waals surface area (Å²) in [5, 5.41) is 3.08. The molecule has 22 heavy (non-hydrogen) atoms. The van der Waals surface area contributed by atoms with Crippen molar-refractivity contribution in [3.05, 3.63) is 0 Å². The predicted octanol–water partition coefficient (Wildman–Crippen LogP) is 1.56. The van der Waals surface area contributed by atoms with E-state index in [1.165, 1.54) is 38.8 Å². The van der Waals surface area contributed by atoms with Crippen molar-refractivity contribution >= 4 is 5.91 Å². The Kier molecular flexibility index (Phi) is 6.10. The summed E-state index contributed by atoms with van der Waals surface area (Å²) >= 11 is 0. The molecule has 126 valence electrons. The maximum Gasteiger partial charge on any atom is 0.220 e. The molecule has 5 heteroatoms. The van der Waals surface area contributed by atoms with Crippen LogP contribution < -0.4 is 5.32 Å². The third kappa shape index (κ3) is 5.52. The Balaban J connectivity index is 1.24. The van der Waals surface area contributed by atoms with Crippen molar-refractivity contribution in [2.75, 3.05) is 39.5 Å². The molecule has 3 aliphatic rings. The van der Waals surface area contributed by atoms with E-state index in [1.807, 2.05) is 0 Å². The minimum Gasteiger partial charge on any atom is -0.376 e. The van der Waals surface area contributed by atoms with E-state index < -0.39 is 0 Å². The molecule has 0 aromatic carbocycles. The molecular weight excluding hydrogens is 280 g/mol. The summed E-state index contributed by atoms with van der Waals surface area (Å²) in [5.41, 5.74) is 0. The first kappa shape index (κ1) is 16.2. The zero-order chi connectivity index (χ0) is 15.2. The fourth-order valence-corrected chi connectivity index (χ4v) is 3.39. The number of carbonyl (C=O) groups excluding carboxylic acids is 1. The Labute approximate surface area is 133 Å². The molecule has 1 saturated carbocycles. The molecular formula is C17H30N2O3. The topological polar surface area (TPSA) is 50.8 Å². The number of likely N-dealkylation sites (tertiary alicyclic amines) is 1. The van der Waals surface area contributed by atoms with Gasteiger partial charge in [-0.1, -0.05) is 0 Å². The first-order valence-corrected chi connectivity index (χ1v) is 9.00. The van der Waals surface area contributed by atoms with Crippen molar-refractivity contribution in [1.29, 1.82) is 0 Å². The summed E-state index contributed by atoms with van der Waals surface area (Å²) in [6.07, 6.45) is 7.98. The maximum absolute atomic E-state index is 11.7. The van der Waals surface area contributed by atoms with Crippen LogP contribution >= 0.6 is 0 Å². The Morgan fingerprint density at radius 3 is 2.59 bits per heavy atom. The number of nitrogens with one attached hydrogen (secondary N) is 1. The van der Waals surface area contributed by atoms with Crippen LogP contribution in [0.4, 0.5) is 0 Å². The highest BCUT2D eigenvalue weighted by molar-refractivity contribution is 5.76. The first-order chi connectivity index (χ1) is 10.8. The normalized spacial score (nSPS) is 27.7. The van der Waals surface area contributed by atoms with Crippen molar-refractivity contribution < 1.29 is 14.3 Å². The van der Waals surface area contributed by atoms with Gasteiger partial charge in [0.25, 0.3) is 0 Å². The molecule has 5 nitrogen and oxygen atoms in total. The van der Waals surface area contributed by atoms with Crippen molar-refractivity contribution in [2.45, 2.75) is 57.1 Å². The van der Waals surface area contributed by atoms with E-state index in [0.29, 0.717) is 12.5 Å². The molecule has 0 aromatic rings. The third-order valence-electron chi connectivity index (χ3n) is 5.08. The van der Waals surface area contributed by atoms with Crippen LogP contribution in [0.15, 0.2) is 0 Å². The van der Waals surface area contributed by atoms with Gasteiger partial charge in [0.2, 0.25) is 5.91 Å². The fourth-order valence-electron chi connectivity index (χ4n) is 3.39. The number of carbonyl (C=O) groups is 1. The lowest BCUT2D eigenvalue weighted by molar-refractivity contribution is -0.121. The summed E-state index contributed by atoms with van der Waals surface area (Å²) in [4.78, 5) is 14.3. The number of hydrogen-bond donors (Lipinski definition) is 1. The lowest BCUT2D eigenvalue weighted by Gasteiger charge is -2.33. The number of hydrogen-bond acceptors (Lipinski definition) is 4. The molecule has 1 aliphatic carbocycles. The number of ether oxygens (including phenoxy) is 2. The van der Waals surface area contributed by atoms with Gasteiger partial charge in [-0.2, -0.15) is 0 Å². The van der Waals surface area contributed by atoms with Gasteiger partial charge >= 0.3 is 0 Å². The lowest BCUT2D eigenvalue weighted by Crippen LogP contribution is -2.38. The number of amides is 1. The van der Waals surface area contributed by atoms with Gasteiger partial charge in [-0.3, -0.25) is 4.79 Å². The van der Waals surface area contributed by atoms with Gasteiger partial charge in [0.05, 0.1) is 25.9 Å². The van der Waals surface area contributed by atoms with Crippen LogP contribution in [0, 0.1) is 5.92 Å². The van der Waals surface area contributed by atoms with Crippen molar-refractivity contribution in [1.82, 2.24) is 10.2 Å². The lowest BCUT2D eigenvalue weighted by atomic mass is 9.92. The third-order valence-corrected chi connectivity index (χ3v) is 5.08. The van der Waals surface area contributed by atoms with Gasteiger partial charge in [0, 0.05) is 19.0 Å². The second kappa shape index (κ2) is 8.27. The van der Waals surface area contributed by atoms with Crippen molar-refractivity contribution in [2.24, 2.45) is 5.92 Å². The van der Waals surface area contributed by atoms with Crippen LogP contribution in [0.2, 0.25) is 0 Å². The fraction of sp³-hybridized carbons (Fsp3) is 0.941. The molecule has 2 saturated heterocycles. The summed E-state index contributed by atoms with van der Waals surface area (Å²) < 4.78 is 11.1. The highest BCUT2D eigenvalue weighted by atomic mass is 16.6. The smallest absolute Gasteiger partial charge is 0.220 e. The highest BCUT2D eigenvalue weighted by Crippen LogP contribution is 2.23. The number of piperidine rings is 1. The second-order valence-electron chi connectivity index (χ2n) is 7.02. The van der Waals surface area contributed by atoms with E-state index in [4.69, 9.17) is 9.47 Å². The first-order valence-electron chi connectivity index (χ1n) is 9.00. The molecule has 0 bridgehead atoms. The Hall–Kier alpha value is -0.650. The average Bonchev–Trinajstić information content (AvgIpc) is 3.37. The Bertz CT molecular complexity index is 346. The largest absolute Gasteiger partial charge is 0.376 e. The van der Waals surface area contributed by atoms with Crippen LogP contribution in [0.1, 0.15) is 44.9 Å². The second-order valence-corrected chi connectivity index (χ2v) is 7.02. The van der Waals surface area contributed by atoms with E-state index >= 15 is 0 Å². The molecule has 3 fully saturated rings. The van der Waals surface area contributed by atoms with Gasteiger partial charge in [0.15, 0.2) is 0 Å². The van der Waals surface area contributed by atoms with Gasteiger partial charge in [0.1, 0.15) is 0 Å². The number of rotatable bonds is 7. The van der Waals surface area contributed by atoms with Gasteiger partial charge in [-0.15, -0.1) is 0 Å². The van der Waals surface area contributed by atoms with Crippen LogP contribution in [-0.4, -0.2) is 62.4 Å². The minimum atomic E-state index is 0.263. The average molecular weight is 310 g/mol. The van der Waals surface area contributed by atoms with Gasteiger partial charge in [-0.05, 0) is 57.5 Å². The molecule has 0 radical (unpaired) electrons. The van der Waals surface area contributed by atoms with Crippen LogP contribution in [-0.2, 0) is 14.3 Å². The quantitative estimate of drug-likeness (QED) is 0.775. The molecule has 0 aromatic heterocycles. The van der Waals surface area contributed by atoms with Crippen molar-refractivity contribution in [3.8, 4) is 0 Å². The van der Waals surface area contributed by atoms with Crippen molar-refractivity contribution in [3.63, 3.8) is 0 Å². The monoisotopic (exact) mass is 310 g/mol. The van der Waals surface area contributed by atoms with E-state index in [-0.39, 0.29) is 12.0 Å². The van der Waals surface area contributed by atoms with Crippen LogP contribution in [0.3, 0.4) is 0 Å². The molecule has 1 atom stereocenters. The van der Waals surface area contributed by atoms with Gasteiger partial charge in [-0.25, -0.2) is 0 Å². The van der Waals surface area contributed by atoms with E-state index in [1.54, 1.807) is 0 Å². The molecule has 1 amide bonds. The highest BCUT2D eigenvalue weighted by Gasteiger charge is 2.25. The van der Waals surface area contributed by atoms with Crippen LogP contribution in [0.25, 0.3) is 0 Å². The van der Waals surface area contributed by atoms with Gasteiger partial charge < -0.3 is 19.7 Å². The summed E-state index contributed by atoms with van der Waals surface area (Å²) in [5.74, 6) is 0.995. The summed E-state index contributed by atoms with van der Waals surface area (Å²) in [7, 11) is 0. The molecule has 2 aliphatic heterocycles.